The normalized spacial score (nSPS) is 11.0. The van der Waals surface area contributed by atoms with Crippen LogP contribution < -0.4 is 5.73 Å². The Morgan fingerprint density at radius 3 is 3.00 bits per heavy atom. The number of aromatic nitrogens is 2. The Bertz CT molecular complexity index is 627. The Morgan fingerprint density at radius 1 is 1.25 bits per heavy atom. The number of nitrogens with two attached hydrogens (primary N) is 1. The molecule has 5 heteroatoms. The fourth-order valence-electron chi connectivity index (χ4n) is 1.62. The number of fused-ring (bicyclic) bond motifs is 1. The maximum Gasteiger partial charge on any atom is 0.180 e. The highest BCUT2D eigenvalue weighted by Crippen LogP contribution is 2.23. The van der Waals surface area contributed by atoms with Crippen LogP contribution in [0, 0.1) is 0 Å². The minimum absolute atomic E-state index is 0.633. The summed E-state index contributed by atoms with van der Waals surface area (Å²) in [5.41, 5.74) is 9.83. The molecule has 0 unspecified atom stereocenters. The first-order chi connectivity index (χ1) is 7.81. The number of hydrogen-bond acceptors (Lipinski definition) is 5. The van der Waals surface area contributed by atoms with Crippen molar-refractivity contribution >= 4 is 38.0 Å². The Hall–Kier alpha value is -1.46. The summed E-state index contributed by atoms with van der Waals surface area (Å²) >= 11 is 3.21. The minimum atomic E-state index is 0.633. The molecular weight excluding hydrogens is 238 g/mol. The maximum atomic E-state index is 5.61. The summed E-state index contributed by atoms with van der Waals surface area (Å²) in [5.74, 6) is 0. The summed E-state index contributed by atoms with van der Waals surface area (Å²) in [6, 6.07) is 6.35. The van der Waals surface area contributed by atoms with Crippen molar-refractivity contribution in [3.8, 4) is 0 Å². The van der Waals surface area contributed by atoms with E-state index in [1.165, 1.54) is 15.1 Å². The lowest BCUT2D eigenvalue weighted by atomic mass is 10.1. The highest BCUT2D eigenvalue weighted by atomic mass is 32.1. The molecule has 3 rings (SSSR count). The molecule has 1 aromatic carbocycles. The van der Waals surface area contributed by atoms with Crippen molar-refractivity contribution in [1.29, 1.82) is 0 Å². The summed E-state index contributed by atoms with van der Waals surface area (Å²) in [7, 11) is 0. The van der Waals surface area contributed by atoms with Crippen LogP contribution in [-0.4, -0.2) is 9.97 Å². The predicted molar refractivity (Wildman–Crippen MR) is 69.0 cm³/mol. The van der Waals surface area contributed by atoms with Crippen LogP contribution in [0.4, 0.5) is 5.13 Å². The van der Waals surface area contributed by atoms with Gasteiger partial charge in [0.15, 0.2) is 5.13 Å². The molecule has 3 nitrogen and oxygen atoms in total. The summed E-state index contributed by atoms with van der Waals surface area (Å²) in [6.07, 6.45) is 2.74. The molecule has 16 heavy (non-hydrogen) atoms. The zero-order valence-corrected chi connectivity index (χ0v) is 10.0. The zero-order chi connectivity index (χ0) is 11.0. The predicted octanol–water partition coefficient (Wildman–Crippen LogP) is 2.93. The standard InChI is InChI=1S/C11H9N3S2/c12-11-13-5-8(16-11)3-7-1-2-9-10(4-7)15-6-14-9/h1-2,4-6H,3H2,(H2,12,13). The van der Waals surface area contributed by atoms with Gasteiger partial charge in [-0.25, -0.2) is 9.97 Å². The molecule has 2 aromatic heterocycles. The van der Waals surface area contributed by atoms with Crippen LogP contribution in [0.1, 0.15) is 10.4 Å². The summed E-state index contributed by atoms with van der Waals surface area (Å²) in [5, 5.41) is 0.633. The van der Waals surface area contributed by atoms with Crippen molar-refractivity contribution in [2.75, 3.05) is 5.73 Å². The van der Waals surface area contributed by atoms with Crippen LogP contribution in [-0.2, 0) is 6.42 Å². The van der Waals surface area contributed by atoms with Gasteiger partial charge in [0.05, 0.1) is 15.7 Å². The van der Waals surface area contributed by atoms with Gasteiger partial charge in [-0.05, 0) is 17.7 Å². The van der Waals surface area contributed by atoms with Crippen LogP contribution in [0.3, 0.4) is 0 Å². The molecule has 0 fully saturated rings. The molecule has 2 N–H and O–H groups in total. The molecule has 0 aliphatic carbocycles. The van der Waals surface area contributed by atoms with Crippen molar-refractivity contribution in [2.24, 2.45) is 0 Å². The SMILES string of the molecule is Nc1ncc(Cc2ccc3ncsc3c2)s1. The van der Waals surface area contributed by atoms with E-state index in [2.05, 4.69) is 28.2 Å². The third-order valence-electron chi connectivity index (χ3n) is 2.35. The molecule has 80 valence electrons. The Morgan fingerprint density at radius 2 is 2.19 bits per heavy atom. The third kappa shape index (κ3) is 1.79. The van der Waals surface area contributed by atoms with E-state index in [4.69, 9.17) is 5.73 Å². The molecule has 0 saturated heterocycles. The largest absolute Gasteiger partial charge is 0.375 e. The lowest BCUT2D eigenvalue weighted by molar-refractivity contribution is 1.23. The Labute approximate surface area is 101 Å². The van der Waals surface area contributed by atoms with E-state index in [-0.39, 0.29) is 0 Å². The van der Waals surface area contributed by atoms with Crippen LogP contribution in [0.25, 0.3) is 10.2 Å². The first-order valence-corrected chi connectivity index (χ1v) is 6.53. The Balaban J connectivity index is 1.94. The van der Waals surface area contributed by atoms with Crippen molar-refractivity contribution in [2.45, 2.75) is 6.42 Å². The molecule has 2 heterocycles. The number of hydrogen-bond donors (Lipinski definition) is 1. The van der Waals surface area contributed by atoms with Gasteiger partial charge in [-0.3, -0.25) is 0 Å². The number of rotatable bonds is 2. The van der Waals surface area contributed by atoms with Gasteiger partial charge in [-0.1, -0.05) is 6.07 Å². The monoisotopic (exact) mass is 247 g/mol. The van der Waals surface area contributed by atoms with Crippen molar-refractivity contribution < 1.29 is 0 Å². The van der Waals surface area contributed by atoms with Gasteiger partial charge < -0.3 is 5.73 Å². The molecule has 0 amide bonds. The highest BCUT2D eigenvalue weighted by Gasteiger charge is 2.03. The van der Waals surface area contributed by atoms with Crippen molar-refractivity contribution in [1.82, 2.24) is 9.97 Å². The highest BCUT2D eigenvalue weighted by molar-refractivity contribution is 7.16. The molecule has 0 bridgehead atoms. The number of thiazole rings is 2. The number of nitrogen functional groups attached to an aromatic ring is 1. The van der Waals surface area contributed by atoms with E-state index < -0.39 is 0 Å². The maximum absolute atomic E-state index is 5.61. The molecule has 0 atom stereocenters. The van der Waals surface area contributed by atoms with E-state index in [0.29, 0.717) is 5.13 Å². The third-order valence-corrected chi connectivity index (χ3v) is 3.96. The smallest absolute Gasteiger partial charge is 0.180 e. The summed E-state index contributed by atoms with van der Waals surface area (Å²) in [6.45, 7) is 0. The van der Waals surface area contributed by atoms with Crippen molar-refractivity contribution in [3.63, 3.8) is 0 Å². The second-order valence-corrected chi connectivity index (χ2v) is 5.53. The summed E-state index contributed by atoms with van der Waals surface area (Å²) < 4.78 is 1.23. The number of nitrogens with zero attached hydrogens (tertiary/aromatic N) is 2. The van der Waals surface area contributed by atoms with E-state index in [1.807, 2.05) is 11.7 Å². The van der Waals surface area contributed by atoms with E-state index in [9.17, 15) is 0 Å². The molecule has 0 spiro atoms. The second kappa shape index (κ2) is 3.84. The van der Waals surface area contributed by atoms with Crippen LogP contribution in [0.2, 0.25) is 0 Å². The summed E-state index contributed by atoms with van der Waals surface area (Å²) in [4.78, 5) is 9.51. The van der Waals surface area contributed by atoms with E-state index in [0.717, 1.165) is 11.9 Å². The van der Waals surface area contributed by atoms with Gasteiger partial charge in [0, 0.05) is 17.5 Å². The first kappa shape index (κ1) is 9.74. The topological polar surface area (TPSA) is 51.8 Å². The van der Waals surface area contributed by atoms with E-state index in [1.54, 1.807) is 22.7 Å². The van der Waals surface area contributed by atoms with Gasteiger partial charge in [-0.15, -0.1) is 22.7 Å². The first-order valence-electron chi connectivity index (χ1n) is 4.83. The number of benzene rings is 1. The quantitative estimate of drug-likeness (QED) is 0.757. The fourth-order valence-corrected chi connectivity index (χ4v) is 3.07. The van der Waals surface area contributed by atoms with Gasteiger partial charge in [0.1, 0.15) is 0 Å². The van der Waals surface area contributed by atoms with Gasteiger partial charge in [0.2, 0.25) is 0 Å². The van der Waals surface area contributed by atoms with Gasteiger partial charge in [0.25, 0.3) is 0 Å². The minimum Gasteiger partial charge on any atom is -0.375 e. The molecule has 3 aromatic rings. The molecule has 0 radical (unpaired) electrons. The second-order valence-electron chi connectivity index (χ2n) is 3.50. The lowest BCUT2D eigenvalue weighted by Crippen LogP contribution is -1.83. The van der Waals surface area contributed by atoms with Crippen LogP contribution in [0.15, 0.2) is 29.9 Å². The molecule has 0 aliphatic heterocycles. The molecular formula is C11H9N3S2. The van der Waals surface area contributed by atoms with Crippen LogP contribution in [0.5, 0.6) is 0 Å². The fraction of sp³-hybridized carbons (Fsp3) is 0.0909. The van der Waals surface area contributed by atoms with Crippen LogP contribution >= 0.6 is 22.7 Å². The zero-order valence-electron chi connectivity index (χ0n) is 8.38. The van der Waals surface area contributed by atoms with Gasteiger partial charge in [-0.2, -0.15) is 0 Å². The van der Waals surface area contributed by atoms with Crippen molar-refractivity contribution in [3.05, 3.63) is 40.3 Å². The average Bonchev–Trinajstić information content (AvgIpc) is 2.87. The Kier molecular flexibility index (Phi) is 2.34. The number of anilines is 1. The lowest BCUT2D eigenvalue weighted by Gasteiger charge is -1.97. The van der Waals surface area contributed by atoms with Gasteiger partial charge >= 0.3 is 0 Å². The average molecular weight is 247 g/mol. The molecule has 0 aliphatic rings. The van der Waals surface area contributed by atoms with E-state index >= 15 is 0 Å². The molecule has 0 saturated carbocycles.